The number of nitrogens with zero attached hydrogens (tertiary/aromatic N) is 5. The number of aromatic nitrogens is 5. The monoisotopic (exact) mass is 329 g/mol. The Balaban J connectivity index is 1.79. The van der Waals surface area contributed by atoms with Gasteiger partial charge in [0.25, 0.3) is 0 Å². The second-order valence-electron chi connectivity index (χ2n) is 6.13. The molecule has 0 amide bonds. The zero-order valence-electron chi connectivity index (χ0n) is 14.2. The van der Waals surface area contributed by atoms with Crippen molar-refractivity contribution in [1.29, 1.82) is 0 Å². The van der Waals surface area contributed by atoms with Gasteiger partial charge in [0.2, 0.25) is 0 Å². The summed E-state index contributed by atoms with van der Waals surface area (Å²) in [6.07, 6.45) is 7.29. The largest absolute Gasteiger partial charge is 0.303 e. The fourth-order valence-electron chi connectivity index (χ4n) is 3.08. The van der Waals surface area contributed by atoms with Crippen LogP contribution in [0.15, 0.2) is 73.6 Å². The highest BCUT2D eigenvalue weighted by atomic mass is 15.2. The van der Waals surface area contributed by atoms with Gasteiger partial charge in [-0.2, -0.15) is 0 Å². The Morgan fingerprint density at radius 2 is 1.72 bits per heavy atom. The minimum absolute atomic E-state index is 0.203. The average Bonchev–Trinajstić information content (AvgIpc) is 3.34. The molecule has 2 heterocycles. The van der Waals surface area contributed by atoms with Crippen molar-refractivity contribution in [3.05, 3.63) is 90.5 Å². The van der Waals surface area contributed by atoms with Gasteiger partial charge in [-0.05, 0) is 30.2 Å². The summed E-state index contributed by atoms with van der Waals surface area (Å²) in [4.78, 5) is 4.63. The van der Waals surface area contributed by atoms with Gasteiger partial charge < -0.3 is 4.57 Å². The van der Waals surface area contributed by atoms with Crippen LogP contribution in [0.1, 0.15) is 29.8 Å². The highest BCUT2D eigenvalue weighted by Gasteiger charge is 2.16. The third kappa shape index (κ3) is 2.85. The molecule has 0 saturated heterocycles. The molecule has 5 heteroatoms. The van der Waals surface area contributed by atoms with Crippen LogP contribution in [0, 0.1) is 6.92 Å². The molecule has 0 aliphatic carbocycles. The average molecular weight is 329 g/mol. The van der Waals surface area contributed by atoms with Gasteiger partial charge in [-0.1, -0.05) is 43.3 Å². The van der Waals surface area contributed by atoms with Crippen LogP contribution < -0.4 is 0 Å². The molecule has 2 aromatic heterocycles. The molecule has 5 nitrogen and oxygen atoms in total. The maximum absolute atomic E-state index is 4.63. The molecule has 1 atom stereocenters. The lowest BCUT2D eigenvalue weighted by atomic mass is 10.0. The van der Waals surface area contributed by atoms with Crippen molar-refractivity contribution in [2.45, 2.75) is 19.8 Å². The van der Waals surface area contributed by atoms with Crippen molar-refractivity contribution in [3.63, 3.8) is 0 Å². The molecule has 124 valence electrons. The second-order valence-corrected chi connectivity index (χ2v) is 6.13. The van der Waals surface area contributed by atoms with E-state index >= 15 is 0 Å². The molecule has 4 aromatic rings. The van der Waals surface area contributed by atoms with Crippen LogP contribution in [-0.4, -0.2) is 24.3 Å². The first-order chi connectivity index (χ1) is 12.2. The van der Waals surface area contributed by atoms with Crippen LogP contribution in [0.4, 0.5) is 0 Å². The Kier molecular flexibility index (Phi) is 3.90. The number of rotatable bonds is 4. The molecular weight excluding hydrogens is 310 g/mol. The highest BCUT2D eigenvalue weighted by Crippen LogP contribution is 2.27. The van der Waals surface area contributed by atoms with Crippen LogP contribution >= 0.6 is 0 Å². The molecule has 0 fully saturated rings. The number of hydrogen-bond donors (Lipinski definition) is 0. The summed E-state index contributed by atoms with van der Waals surface area (Å²) in [5.74, 6) is 1.23. The van der Waals surface area contributed by atoms with E-state index in [0.29, 0.717) is 0 Å². The Hall–Kier alpha value is -3.21. The SMILES string of the molecule is Cc1ccc(-n2cnnc2)cc1-n1ccnc1C(C)c1ccccc1. The van der Waals surface area contributed by atoms with Gasteiger partial charge in [0.05, 0.1) is 11.4 Å². The van der Waals surface area contributed by atoms with Crippen molar-refractivity contribution in [1.82, 2.24) is 24.3 Å². The van der Waals surface area contributed by atoms with Crippen LogP contribution in [0.3, 0.4) is 0 Å². The normalized spacial score (nSPS) is 12.2. The number of benzene rings is 2. The lowest BCUT2D eigenvalue weighted by Gasteiger charge is -2.17. The lowest BCUT2D eigenvalue weighted by molar-refractivity contribution is 0.786. The quantitative estimate of drug-likeness (QED) is 0.570. The fourth-order valence-corrected chi connectivity index (χ4v) is 3.08. The number of aryl methyl sites for hydroxylation is 1. The van der Waals surface area contributed by atoms with Crippen molar-refractivity contribution in [3.8, 4) is 11.4 Å². The Labute approximate surface area is 146 Å². The summed E-state index contributed by atoms with van der Waals surface area (Å²) in [7, 11) is 0. The summed E-state index contributed by atoms with van der Waals surface area (Å²) in [6.45, 7) is 4.30. The highest BCUT2D eigenvalue weighted by molar-refractivity contribution is 5.50. The van der Waals surface area contributed by atoms with Gasteiger partial charge in [-0.15, -0.1) is 10.2 Å². The number of hydrogen-bond acceptors (Lipinski definition) is 3. The van der Waals surface area contributed by atoms with Crippen molar-refractivity contribution in [2.24, 2.45) is 0 Å². The third-order valence-corrected chi connectivity index (χ3v) is 4.53. The molecular formula is C20H19N5. The van der Waals surface area contributed by atoms with E-state index in [1.54, 1.807) is 12.7 Å². The first-order valence-corrected chi connectivity index (χ1v) is 8.28. The Morgan fingerprint density at radius 1 is 0.960 bits per heavy atom. The minimum Gasteiger partial charge on any atom is -0.303 e. The van der Waals surface area contributed by atoms with Gasteiger partial charge >= 0.3 is 0 Å². The molecule has 0 aliphatic heterocycles. The summed E-state index contributed by atoms with van der Waals surface area (Å²) in [5.41, 5.74) is 4.58. The summed E-state index contributed by atoms with van der Waals surface area (Å²) in [5, 5.41) is 7.79. The van der Waals surface area contributed by atoms with E-state index in [1.165, 1.54) is 11.1 Å². The van der Waals surface area contributed by atoms with Gasteiger partial charge in [0, 0.05) is 18.3 Å². The first kappa shape index (κ1) is 15.3. The van der Waals surface area contributed by atoms with E-state index in [0.717, 1.165) is 17.2 Å². The summed E-state index contributed by atoms with van der Waals surface area (Å²) in [6, 6.07) is 16.8. The first-order valence-electron chi connectivity index (χ1n) is 8.28. The van der Waals surface area contributed by atoms with E-state index in [1.807, 2.05) is 23.0 Å². The number of imidazole rings is 1. The maximum Gasteiger partial charge on any atom is 0.123 e. The van der Waals surface area contributed by atoms with Crippen molar-refractivity contribution < 1.29 is 0 Å². The molecule has 4 rings (SSSR count). The minimum atomic E-state index is 0.203. The molecule has 0 N–H and O–H groups in total. The van der Waals surface area contributed by atoms with Crippen LogP contribution in [-0.2, 0) is 0 Å². The van der Waals surface area contributed by atoms with Crippen molar-refractivity contribution in [2.75, 3.05) is 0 Å². The van der Waals surface area contributed by atoms with Crippen molar-refractivity contribution >= 4 is 0 Å². The molecule has 0 saturated carbocycles. The molecule has 0 aliphatic rings. The molecule has 0 radical (unpaired) electrons. The van der Waals surface area contributed by atoms with Crippen LogP contribution in [0.5, 0.6) is 0 Å². The van der Waals surface area contributed by atoms with Crippen LogP contribution in [0.2, 0.25) is 0 Å². The molecule has 0 bridgehead atoms. The third-order valence-electron chi connectivity index (χ3n) is 4.53. The van der Waals surface area contributed by atoms with Gasteiger partial charge in [0.1, 0.15) is 18.5 Å². The predicted molar refractivity (Wildman–Crippen MR) is 97.2 cm³/mol. The fraction of sp³-hybridized carbons (Fsp3) is 0.150. The zero-order valence-corrected chi connectivity index (χ0v) is 14.2. The van der Waals surface area contributed by atoms with E-state index in [9.17, 15) is 0 Å². The summed E-state index contributed by atoms with van der Waals surface area (Å²) < 4.78 is 4.07. The zero-order chi connectivity index (χ0) is 17.2. The molecule has 0 spiro atoms. The predicted octanol–water partition coefficient (Wildman–Crippen LogP) is 3.91. The molecule has 1 unspecified atom stereocenters. The van der Waals surface area contributed by atoms with E-state index < -0.39 is 0 Å². The second kappa shape index (κ2) is 6.36. The van der Waals surface area contributed by atoms with Gasteiger partial charge in [-0.25, -0.2) is 4.98 Å². The Morgan fingerprint density at radius 3 is 2.48 bits per heavy atom. The van der Waals surface area contributed by atoms with Crippen LogP contribution in [0.25, 0.3) is 11.4 Å². The van der Waals surface area contributed by atoms with E-state index in [2.05, 4.69) is 76.1 Å². The Bertz CT molecular complexity index is 971. The van der Waals surface area contributed by atoms with Gasteiger partial charge in [-0.3, -0.25) is 4.57 Å². The van der Waals surface area contributed by atoms with E-state index in [-0.39, 0.29) is 5.92 Å². The topological polar surface area (TPSA) is 48.5 Å². The maximum atomic E-state index is 4.63. The smallest absolute Gasteiger partial charge is 0.123 e. The lowest BCUT2D eigenvalue weighted by Crippen LogP contribution is -2.08. The summed E-state index contributed by atoms with van der Waals surface area (Å²) >= 11 is 0. The van der Waals surface area contributed by atoms with E-state index in [4.69, 9.17) is 0 Å². The molecule has 2 aromatic carbocycles. The standard InChI is InChI=1S/C20H19N5/c1-15-8-9-18(24-13-22-23-14-24)12-19(15)25-11-10-21-20(25)16(2)17-6-4-3-5-7-17/h3-14,16H,1-2H3. The molecule has 25 heavy (non-hydrogen) atoms. The van der Waals surface area contributed by atoms with Gasteiger partial charge in [0.15, 0.2) is 0 Å².